The van der Waals surface area contributed by atoms with Gasteiger partial charge in [0.1, 0.15) is 0 Å². The average molecular weight is 155 g/mol. The zero-order valence-electron chi connectivity index (χ0n) is 7.38. The minimum absolute atomic E-state index is 0.794. The number of nitrogens with zero attached hydrogens (tertiary/aromatic N) is 2. The first-order valence-corrected chi connectivity index (χ1v) is 4.36. The molecule has 0 bridgehead atoms. The van der Waals surface area contributed by atoms with Crippen LogP contribution in [0.25, 0.3) is 0 Å². The lowest BCUT2D eigenvalue weighted by molar-refractivity contribution is 0.150. The van der Waals surface area contributed by atoms with Gasteiger partial charge in [0.2, 0.25) is 0 Å². The Balaban J connectivity index is 2.29. The quantitative estimate of drug-likeness (QED) is 0.610. The van der Waals surface area contributed by atoms with Gasteiger partial charge in [-0.3, -0.25) is 5.01 Å². The third kappa shape index (κ3) is 2.17. The molecule has 64 valence electrons. The summed E-state index contributed by atoms with van der Waals surface area (Å²) < 4.78 is 0. The molecule has 1 N–H and O–H groups in total. The second-order valence-electron chi connectivity index (χ2n) is 3.64. The van der Waals surface area contributed by atoms with Gasteiger partial charge in [0.15, 0.2) is 0 Å². The number of rotatable bonds is 2. The molecule has 0 unspecified atom stereocenters. The SMILES string of the molecule is CC(C)C1CCN(N=N)CC1. The van der Waals surface area contributed by atoms with E-state index in [0.29, 0.717) is 0 Å². The van der Waals surface area contributed by atoms with Gasteiger partial charge in [-0.1, -0.05) is 19.1 Å². The average Bonchev–Trinajstić information content (AvgIpc) is 2.05. The molecule has 0 atom stereocenters. The molecule has 0 spiro atoms. The summed E-state index contributed by atoms with van der Waals surface area (Å²) in [5, 5.41) is 5.27. The molecular weight excluding hydrogens is 138 g/mol. The van der Waals surface area contributed by atoms with E-state index in [9.17, 15) is 0 Å². The van der Waals surface area contributed by atoms with Crippen molar-refractivity contribution in [3.63, 3.8) is 0 Å². The van der Waals surface area contributed by atoms with Crippen LogP contribution >= 0.6 is 0 Å². The van der Waals surface area contributed by atoms with E-state index in [-0.39, 0.29) is 0 Å². The fourth-order valence-corrected chi connectivity index (χ4v) is 1.65. The molecule has 0 aliphatic carbocycles. The first-order valence-electron chi connectivity index (χ1n) is 4.36. The van der Waals surface area contributed by atoms with Crippen molar-refractivity contribution in [2.24, 2.45) is 17.1 Å². The Labute approximate surface area is 68.3 Å². The van der Waals surface area contributed by atoms with Gasteiger partial charge in [-0.15, -0.1) is 0 Å². The summed E-state index contributed by atoms with van der Waals surface area (Å²) in [5.41, 5.74) is 6.82. The Bertz CT molecular complexity index is 125. The lowest BCUT2D eigenvalue weighted by Crippen LogP contribution is -2.31. The zero-order chi connectivity index (χ0) is 8.27. The molecule has 1 saturated heterocycles. The second-order valence-corrected chi connectivity index (χ2v) is 3.64. The van der Waals surface area contributed by atoms with E-state index in [1.54, 1.807) is 0 Å². The summed E-state index contributed by atoms with van der Waals surface area (Å²) in [6.45, 7) is 6.51. The van der Waals surface area contributed by atoms with Crippen LogP contribution in [0.1, 0.15) is 26.7 Å². The minimum Gasteiger partial charge on any atom is -0.279 e. The summed E-state index contributed by atoms with van der Waals surface area (Å²) in [6, 6.07) is 0. The topological polar surface area (TPSA) is 39.5 Å². The third-order valence-electron chi connectivity index (χ3n) is 2.60. The summed E-state index contributed by atoms with van der Waals surface area (Å²) in [6.07, 6.45) is 2.42. The van der Waals surface area contributed by atoms with Crippen LogP contribution in [-0.2, 0) is 0 Å². The van der Waals surface area contributed by atoms with Crippen LogP contribution < -0.4 is 0 Å². The van der Waals surface area contributed by atoms with Gasteiger partial charge in [0.05, 0.1) is 0 Å². The molecule has 0 aromatic heterocycles. The zero-order valence-corrected chi connectivity index (χ0v) is 7.38. The lowest BCUT2D eigenvalue weighted by Gasteiger charge is -2.30. The van der Waals surface area contributed by atoms with E-state index in [1.165, 1.54) is 12.8 Å². The van der Waals surface area contributed by atoms with Crippen LogP contribution in [0.5, 0.6) is 0 Å². The predicted octanol–water partition coefficient (Wildman–Crippen LogP) is 2.30. The van der Waals surface area contributed by atoms with Crippen molar-refractivity contribution in [3.8, 4) is 0 Å². The van der Waals surface area contributed by atoms with Gasteiger partial charge < -0.3 is 0 Å². The van der Waals surface area contributed by atoms with Crippen LogP contribution in [0.3, 0.4) is 0 Å². The largest absolute Gasteiger partial charge is 0.279 e. The van der Waals surface area contributed by atoms with Gasteiger partial charge in [-0.2, -0.15) is 5.53 Å². The second kappa shape index (κ2) is 3.69. The fourth-order valence-electron chi connectivity index (χ4n) is 1.65. The molecule has 3 heteroatoms. The maximum atomic E-state index is 6.82. The molecule has 1 heterocycles. The lowest BCUT2D eigenvalue weighted by atomic mass is 9.87. The predicted molar refractivity (Wildman–Crippen MR) is 44.3 cm³/mol. The van der Waals surface area contributed by atoms with Crippen LogP contribution in [0.4, 0.5) is 0 Å². The standard InChI is InChI=1S/C8H17N3/c1-7(2)8-3-5-11(10-9)6-4-8/h7-9H,3-6H2,1-2H3. The van der Waals surface area contributed by atoms with Gasteiger partial charge in [0.25, 0.3) is 0 Å². The van der Waals surface area contributed by atoms with Crippen molar-refractivity contribution in [2.75, 3.05) is 13.1 Å². The van der Waals surface area contributed by atoms with Crippen molar-refractivity contribution >= 4 is 0 Å². The van der Waals surface area contributed by atoms with E-state index >= 15 is 0 Å². The van der Waals surface area contributed by atoms with E-state index in [2.05, 4.69) is 19.1 Å². The Morgan fingerprint density at radius 1 is 1.36 bits per heavy atom. The Hall–Kier alpha value is -0.600. The van der Waals surface area contributed by atoms with Crippen molar-refractivity contribution < 1.29 is 0 Å². The Morgan fingerprint density at radius 2 is 1.91 bits per heavy atom. The first-order chi connectivity index (χ1) is 5.24. The first kappa shape index (κ1) is 8.50. The van der Waals surface area contributed by atoms with Crippen LogP contribution in [0, 0.1) is 17.4 Å². The monoisotopic (exact) mass is 155 g/mol. The van der Waals surface area contributed by atoms with E-state index in [0.717, 1.165) is 24.9 Å². The molecule has 0 amide bonds. The third-order valence-corrected chi connectivity index (χ3v) is 2.60. The van der Waals surface area contributed by atoms with Gasteiger partial charge >= 0.3 is 0 Å². The Morgan fingerprint density at radius 3 is 2.27 bits per heavy atom. The molecule has 3 nitrogen and oxygen atoms in total. The van der Waals surface area contributed by atoms with Crippen molar-refractivity contribution in [3.05, 3.63) is 0 Å². The maximum absolute atomic E-state index is 6.82. The highest BCUT2D eigenvalue weighted by Crippen LogP contribution is 2.24. The molecule has 0 aromatic rings. The number of nitrogens with one attached hydrogen (secondary N) is 1. The minimum atomic E-state index is 0.794. The van der Waals surface area contributed by atoms with Crippen molar-refractivity contribution in [2.45, 2.75) is 26.7 Å². The van der Waals surface area contributed by atoms with Gasteiger partial charge in [-0.05, 0) is 24.7 Å². The van der Waals surface area contributed by atoms with Crippen molar-refractivity contribution in [1.29, 1.82) is 5.53 Å². The van der Waals surface area contributed by atoms with Crippen molar-refractivity contribution in [1.82, 2.24) is 5.01 Å². The summed E-state index contributed by atoms with van der Waals surface area (Å²) in [4.78, 5) is 0. The molecule has 0 aromatic carbocycles. The number of hydrogen-bond donors (Lipinski definition) is 1. The molecule has 0 saturated carbocycles. The van der Waals surface area contributed by atoms with E-state index in [1.807, 2.05) is 5.01 Å². The molecule has 1 aliphatic rings. The van der Waals surface area contributed by atoms with E-state index in [4.69, 9.17) is 5.53 Å². The van der Waals surface area contributed by atoms with Crippen LogP contribution in [-0.4, -0.2) is 18.1 Å². The summed E-state index contributed by atoms with van der Waals surface area (Å²) in [7, 11) is 0. The van der Waals surface area contributed by atoms with Crippen LogP contribution in [0.15, 0.2) is 5.22 Å². The normalized spacial score (nSPS) is 20.8. The summed E-state index contributed by atoms with van der Waals surface area (Å²) in [5.74, 6) is 1.65. The molecule has 1 fully saturated rings. The highest BCUT2D eigenvalue weighted by atomic mass is 15.5. The number of hydrogen-bond acceptors (Lipinski definition) is 2. The molecule has 1 aliphatic heterocycles. The van der Waals surface area contributed by atoms with E-state index < -0.39 is 0 Å². The maximum Gasteiger partial charge on any atom is 0.0379 e. The highest BCUT2D eigenvalue weighted by molar-refractivity contribution is 4.71. The smallest absolute Gasteiger partial charge is 0.0379 e. The fraction of sp³-hybridized carbons (Fsp3) is 1.00. The molecule has 11 heavy (non-hydrogen) atoms. The molecular formula is C8H17N3. The highest BCUT2D eigenvalue weighted by Gasteiger charge is 2.20. The van der Waals surface area contributed by atoms with Gasteiger partial charge in [-0.25, -0.2) is 0 Å². The molecule has 0 radical (unpaired) electrons. The Kier molecular flexibility index (Phi) is 2.85. The molecule has 1 rings (SSSR count). The summed E-state index contributed by atoms with van der Waals surface area (Å²) >= 11 is 0. The van der Waals surface area contributed by atoms with Gasteiger partial charge in [0, 0.05) is 13.1 Å². The number of piperidine rings is 1. The van der Waals surface area contributed by atoms with Crippen LogP contribution in [0.2, 0.25) is 0 Å².